The van der Waals surface area contributed by atoms with Crippen LogP contribution in [0.15, 0.2) is 12.5 Å². The van der Waals surface area contributed by atoms with Crippen LogP contribution in [0.1, 0.15) is 58.8 Å². The standard InChI is InChI=1S/C19H29NO8/c1-3-14(17-25-9-10-26-17)16(23)27-13(2)28-18(24)20-12-19(11-15(21)22)7-5-4-6-8-19/h9-10,13-14,17H,3-8,11-12H2,1-2H3,(H,20,24)(H,21,22). The first-order chi connectivity index (χ1) is 13.3. The third kappa shape index (κ3) is 6.31. The fourth-order valence-corrected chi connectivity index (χ4v) is 3.68. The molecule has 1 saturated carbocycles. The molecule has 1 aliphatic carbocycles. The van der Waals surface area contributed by atoms with E-state index in [4.69, 9.17) is 18.9 Å². The summed E-state index contributed by atoms with van der Waals surface area (Å²) in [5.74, 6) is -2.12. The number of carboxylic acids is 1. The van der Waals surface area contributed by atoms with Gasteiger partial charge in [-0.1, -0.05) is 26.2 Å². The first-order valence-electron chi connectivity index (χ1n) is 9.68. The van der Waals surface area contributed by atoms with E-state index >= 15 is 0 Å². The molecule has 0 spiro atoms. The highest BCUT2D eigenvalue weighted by molar-refractivity contribution is 5.73. The second kappa shape index (κ2) is 10.2. The molecule has 2 unspecified atom stereocenters. The Hall–Kier alpha value is -2.45. The van der Waals surface area contributed by atoms with Gasteiger partial charge in [0.05, 0.1) is 6.42 Å². The van der Waals surface area contributed by atoms with Crippen molar-refractivity contribution in [2.75, 3.05) is 6.54 Å². The average molecular weight is 399 g/mol. The van der Waals surface area contributed by atoms with E-state index in [1.807, 2.05) is 0 Å². The number of ether oxygens (including phenoxy) is 4. The van der Waals surface area contributed by atoms with E-state index in [0.29, 0.717) is 6.42 Å². The molecule has 1 heterocycles. The summed E-state index contributed by atoms with van der Waals surface area (Å²) in [6, 6.07) is 0. The molecule has 0 saturated heterocycles. The molecule has 9 nitrogen and oxygen atoms in total. The SMILES string of the molecule is CCC(C(=O)OC(C)OC(=O)NCC1(CC(=O)O)CCCCC1)C1OC=CO1. The van der Waals surface area contributed by atoms with Crippen LogP contribution in [0.2, 0.25) is 0 Å². The fourth-order valence-electron chi connectivity index (χ4n) is 3.68. The Labute approximate surface area is 164 Å². The lowest BCUT2D eigenvalue weighted by Crippen LogP contribution is -2.42. The van der Waals surface area contributed by atoms with Gasteiger partial charge in [0.15, 0.2) is 0 Å². The molecule has 158 valence electrons. The predicted molar refractivity (Wildman–Crippen MR) is 96.7 cm³/mol. The van der Waals surface area contributed by atoms with Crippen LogP contribution in [0.5, 0.6) is 0 Å². The molecule has 28 heavy (non-hydrogen) atoms. The van der Waals surface area contributed by atoms with Crippen molar-refractivity contribution in [2.45, 2.75) is 71.4 Å². The number of carbonyl (C=O) groups excluding carboxylic acids is 2. The Morgan fingerprint density at radius 3 is 2.39 bits per heavy atom. The summed E-state index contributed by atoms with van der Waals surface area (Å²) < 4.78 is 20.6. The van der Waals surface area contributed by atoms with Gasteiger partial charge in [-0.3, -0.25) is 9.59 Å². The van der Waals surface area contributed by atoms with Gasteiger partial charge in [-0.05, 0) is 24.7 Å². The quantitative estimate of drug-likeness (QED) is 0.448. The van der Waals surface area contributed by atoms with Gasteiger partial charge in [-0.2, -0.15) is 0 Å². The van der Waals surface area contributed by atoms with Crippen LogP contribution < -0.4 is 5.32 Å². The summed E-state index contributed by atoms with van der Waals surface area (Å²) in [5.41, 5.74) is -0.458. The molecule has 9 heteroatoms. The molecule has 0 bridgehead atoms. The van der Waals surface area contributed by atoms with E-state index in [0.717, 1.165) is 32.1 Å². The van der Waals surface area contributed by atoms with E-state index in [9.17, 15) is 19.5 Å². The van der Waals surface area contributed by atoms with Crippen LogP contribution >= 0.6 is 0 Å². The second-order valence-corrected chi connectivity index (χ2v) is 7.32. The number of esters is 1. The number of carboxylic acid groups (broad SMARTS) is 1. The molecular weight excluding hydrogens is 370 g/mol. The summed E-state index contributed by atoms with van der Waals surface area (Å²) in [7, 11) is 0. The molecule has 2 atom stereocenters. The summed E-state index contributed by atoms with van der Waals surface area (Å²) in [6.07, 6.45) is 4.99. The first-order valence-corrected chi connectivity index (χ1v) is 9.68. The molecule has 0 aromatic heterocycles. The van der Waals surface area contributed by atoms with Crippen LogP contribution in [-0.4, -0.2) is 42.3 Å². The number of rotatable bonds is 9. The number of aliphatic carboxylic acids is 1. The summed E-state index contributed by atoms with van der Waals surface area (Å²) in [6.45, 7) is 3.44. The fraction of sp³-hybridized carbons (Fsp3) is 0.737. The van der Waals surface area contributed by atoms with Crippen LogP contribution in [0.3, 0.4) is 0 Å². The lowest BCUT2D eigenvalue weighted by molar-refractivity contribution is -0.182. The Morgan fingerprint density at radius 2 is 1.82 bits per heavy atom. The lowest BCUT2D eigenvalue weighted by Gasteiger charge is -2.36. The minimum Gasteiger partial charge on any atom is -0.481 e. The minimum atomic E-state index is -1.10. The first kappa shape index (κ1) is 21.8. The molecular formula is C19H29NO8. The van der Waals surface area contributed by atoms with Crippen molar-refractivity contribution in [2.24, 2.45) is 11.3 Å². The zero-order valence-electron chi connectivity index (χ0n) is 16.3. The van der Waals surface area contributed by atoms with E-state index in [1.165, 1.54) is 19.4 Å². The topological polar surface area (TPSA) is 120 Å². The van der Waals surface area contributed by atoms with Gasteiger partial charge in [0.1, 0.15) is 18.4 Å². The normalized spacial score (nSPS) is 20.4. The molecule has 2 rings (SSSR count). The summed E-state index contributed by atoms with van der Waals surface area (Å²) in [4.78, 5) is 35.5. The van der Waals surface area contributed by atoms with Crippen LogP contribution in [0.4, 0.5) is 4.79 Å². The third-order valence-electron chi connectivity index (χ3n) is 5.16. The Bertz CT molecular complexity index is 576. The van der Waals surface area contributed by atoms with Crippen LogP contribution in [0, 0.1) is 11.3 Å². The van der Waals surface area contributed by atoms with Gasteiger partial charge in [0.2, 0.25) is 6.29 Å². The largest absolute Gasteiger partial charge is 0.481 e. The molecule has 0 aromatic carbocycles. The lowest BCUT2D eigenvalue weighted by atomic mass is 9.72. The van der Waals surface area contributed by atoms with Crippen LogP contribution in [0.25, 0.3) is 0 Å². The molecule has 0 aromatic rings. The second-order valence-electron chi connectivity index (χ2n) is 7.32. The maximum Gasteiger partial charge on any atom is 0.410 e. The third-order valence-corrected chi connectivity index (χ3v) is 5.16. The number of amides is 1. The summed E-state index contributed by atoms with van der Waals surface area (Å²) >= 11 is 0. The zero-order valence-corrected chi connectivity index (χ0v) is 16.3. The zero-order chi connectivity index (χ0) is 20.6. The van der Waals surface area contributed by atoms with Gasteiger partial charge in [0, 0.05) is 13.5 Å². The molecule has 0 radical (unpaired) electrons. The van der Waals surface area contributed by atoms with Crippen molar-refractivity contribution >= 4 is 18.0 Å². The van der Waals surface area contributed by atoms with Crippen molar-refractivity contribution in [3.05, 3.63) is 12.5 Å². The van der Waals surface area contributed by atoms with Gasteiger partial charge < -0.3 is 29.4 Å². The molecule has 2 N–H and O–H groups in total. The highest BCUT2D eigenvalue weighted by Crippen LogP contribution is 2.38. The number of carbonyl (C=O) groups is 3. The number of nitrogens with one attached hydrogen (secondary N) is 1. The highest BCUT2D eigenvalue weighted by Gasteiger charge is 2.36. The number of hydrogen-bond acceptors (Lipinski definition) is 7. The molecule has 1 amide bonds. The minimum absolute atomic E-state index is 0.00538. The maximum absolute atomic E-state index is 12.2. The van der Waals surface area contributed by atoms with Crippen molar-refractivity contribution in [3.8, 4) is 0 Å². The van der Waals surface area contributed by atoms with Gasteiger partial charge in [-0.15, -0.1) is 0 Å². The highest BCUT2D eigenvalue weighted by atomic mass is 16.7. The van der Waals surface area contributed by atoms with E-state index in [1.54, 1.807) is 6.92 Å². The average Bonchev–Trinajstić information content (AvgIpc) is 3.15. The Balaban J connectivity index is 1.79. The van der Waals surface area contributed by atoms with Crippen molar-refractivity contribution in [3.63, 3.8) is 0 Å². The molecule has 2 aliphatic rings. The van der Waals surface area contributed by atoms with Crippen molar-refractivity contribution in [1.29, 1.82) is 0 Å². The summed E-state index contributed by atoms with van der Waals surface area (Å²) in [5, 5.41) is 11.8. The van der Waals surface area contributed by atoms with E-state index in [2.05, 4.69) is 5.32 Å². The number of hydrogen-bond donors (Lipinski definition) is 2. The predicted octanol–water partition coefficient (Wildman–Crippen LogP) is 2.90. The van der Waals surface area contributed by atoms with Gasteiger partial charge in [0.25, 0.3) is 6.29 Å². The van der Waals surface area contributed by atoms with Gasteiger partial charge in [-0.25, -0.2) is 4.79 Å². The molecule has 1 fully saturated rings. The Kier molecular flexibility index (Phi) is 7.95. The van der Waals surface area contributed by atoms with Gasteiger partial charge >= 0.3 is 18.0 Å². The smallest absolute Gasteiger partial charge is 0.410 e. The van der Waals surface area contributed by atoms with Crippen molar-refractivity contribution in [1.82, 2.24) is 5.32 Å². The van der Waals surface area contributed by atoms with Crippen molar-refractivity contribution < 1.29 is 38.4 Å². The molecule has 1 aliphatic heterocycles. The number of alkyl carbamates (subject to hydrolysis) is 1. The Morgan fingerprint density at radius 1 is 1.18 bits per heavy atom. The monoisotopic (exact) mass is 399 g/mol. The van der Waals surface area contributed by atoms with E-state index < -0.39 is 41.9 Å². The van der Waals surface area contributed by atoms with Crippen LogP contribution in [-0.2, 0) is 28.5 Å². The van der Waals surface area contributed by atoms with E-state index in [-0.39, 0.29) is 13.0 Å². The maximum atomic E-state index is 12.2.